The van der Waals surface area contributed by atoms with Crippen molar-refractivity contribution in [2.45, 2.75) is 18.4 Å². The lowest BCUT2D eigenvalue weighted by atomic mass is 9.83. The van der Waals surface area contributed by atoms with Crippen LogP contribution in [0.25, 0.3) is 0 Å². The van der Waals surface area contributed by atoms with E-state index in [9.17, 15) is 5.11 Å². The Balaban J connectivity index is 1.67. The van der Waals surface area contributed by atoms with Crippen LogP contribution >= 0.6 is 0 Å². The van der Waals surface area contributed by atoms with E-state index in [-0.39, 0.29) is 13.6 Å². The van der Waals surface area contributed by atoms with Crippen LogP contribution in [0.2, 0.25) is 0 Å². The lowest BCUT2D eigenvalue weighted by Gasteiger charge is -2.33. The molecule has 5 rings (SSSR count). The Morgan fingerprint density at radius 1 is 0.731 bits per heavy atom. The van der Waals surface area contributed by atoms with Crippen LogP contribution < -0.4 is 18.9 Å². The monoisotopic (exact) mass is 354 g/mol. The third-order valence-electron chi connectivity index (χ3n) is 4.87. The molecule has 0 aliphatic carbocycles. The molecular weight excluding hydrogens is 336 g/mol. The molecule has 3 aliphatic rings. The number of fused-ring (bicyclic) bond motifs is 2. The van der Waals surface area contributed by atoms with Gasteiger partial charge in [0.05, 0.1) is 6.61 Å². The minimum atomic E-state index is -1.46. The Kier molecular flexibility index (Phi) is 3.46. The lowest BCUT2D eigenvalue weighted by Crippen LogP contribution is -2.32. The summed E-state index contributed by atoms with van der Waals surface area (Å²) in [5.74, 6) is 3.07. The number of benzene rings is 2. The van der Waals surface area contributed by atoms with Crippen LogP contribution in [0, 0.1) is 0 Å². The van der Waals surface area contributed by atoms with Crippen LogP contribution in [0.1, 0.15) is 24.0 Å². The zero-order valence-corrected chi connectivity index (χ0v) is 14.1. The van der Waals surface area contributed by atoms with E-state index in [1.54, 1.807) is 24.3 Å². The largest absolute Gasteiger partial charge is 0.494 e. The fraction of sp³-hybridized carbons (Fsp3) is 0.300. The summed E-state index contributed by atoms with van der Waals surface area (Å²) in [6, 6.07) is 10.9. The fourth-order valence-electron chi connectivity index (χ4n) is 3.50. The number of aliphatic hydroxyl groups is 1. The van der Waals surface area contributed by atoms with Crippen molar-refractivity contribution in [3.05, 3.63) is 59.4 Å². The summed E-state index contributed by atoms with van der Waals surface area (Å²) in [5, 5.41) is 11.9. The second kappa shape index (κ2) is 5.85. The van der Waals surface area contributed by atoms with Crippen molar-refractivity contribution in [2.75, 3.05) is 20.2 Å². The van der Waals surface area contributed by atoms with Gasteiger partial charge in [-0.25, -0.2) is 0 Å². The molecule has 0 fully saturated rings. The number of hydrogen-bond acceptors (Lipinski definition) is 6. The van der Waals surface area contributed by atoms with Crippen LogP contribution in [-0.2, 0) is 10.3 Å². The normalized spacial score (nSPS) is 17.7. The van der Waals surface area contributed by atoms with Gasteiger partial charge in [0.25, 0.3) is 0 Å². The number of rotatable bonds is 3. The minimum Gasteiger partial charge on any atom is -0.494 e. The first kappa shape index (κ1) is 15.4. The molecule has 3 aliphatic heterocycles. The SMILES string of the molecule is OC(C1=CCCCO1)(c1ccc2c(c1)OCO2)c1ccc2c(c1)OCO2. The van der Waals surface area contributed by atoms with E-state index in [1.165, 1.54) is 0 Å². The molecular formula is C20H18O6. The fourth-order valence-corrected chi connectivity index (χ4v) is 3.50. The van der Waals surface area contributed by atoms with E-state index >= 15 is 0 Å². The van der Waals surface area contributed by atoms with Gasteiger partial charge in [-0.2, -0.15) is 0 Å². The van der Waals surface area contributed by atoms with Crippen molar-refractivity contribution in [3.63, 3.8) is 0 Å². The molecule has 0 spiro atoms. The highest BCUT2D eigenvalue weighted by molar-refractivity contribution is 5.54. The highest BCUT2D eigenvalue weighted by atomic mass is 16.7. The van der Waals surface area contributed by atoms with Gasteiger partial charge >= 0.3 is 0 Å². The Labute approximate surface area is 150 Å². The van der Waals surface area contributed by atoms with Gasteiger partial charge in [-0.1, -0.05) is 12.1 Å². The summed E-state index contributed by atoms with van der Waals surface area (Å²) < 4.78 is 27.6. The maximum Gasteiger partial charge on any atom is 0.231 e. The molecule has 3 heterocycles. The van der Waals surface area contributed by atoms with Gasteiger partial charge in [0, 0.05) is 0 Å². The van der Waals surface area contributed by atoms with Gasteiger partial charge in [0.2, 0.25) is 13.6 Å². The van der Waals surface area contributed by atoms with Crippen LogP contribution in [0.3, 0.4) is 0 Å². The van der Waals surface area contributed by atoms with Gasteiger partial charge < -0.3 is 28.8 Å². The van der Waals surface area contributed by atoms with Crippen molar-refractivity contribution < 1.29 is 28.8 Å². The summed E-state index contributed by atoms with van der Waals surface area (Å²) in [5.41, 5.74) is -0.162. The highest BCUT2D eigenvalue weighted by Crippen LogP contribution is 2.45. The van der Waals surface area contributed by atoms with E-state index in [1.807, 2.05) is 18.2 Å². The van der Waals surface area contributed by atoms with E-state index in [0.29, 0.717) is 46.5 Å². The quantitative estimate of drug-likeness (QED) is 0.914. The molecule has 0 bridgehead atoms. The Bertz CT molecular complexity index is 830. The third-order valence-corrected chi connectivity index (χ3v) is 4.87. The van der Waals surface area contributed by atoms with Crippen molar-refractivity contribution in [1.29, 1.82) is 0 Å². The van der Waals surface area contributed by atoms with Gasteiger partial charge in [-0.3, -0.25) is 0 Å². The molecule has 26 heavy (non-hydrogen) atoms. The van der Waals surface area contributed by atoms with Crippen LogP contribution in [0.15, 0.2) is 48.2 Å². The molecule has 0 saturated heterocycles. The van der Waals surface area contributed by atoms with Crippen molar-refractivity contribution in [3.8, 4) is 23.0 Å². The van der Waals surface area contributed by atoms with Crippen LogP contribution in [-0.4, -0.2) is 25.3 Å². The maximum absolute atomic E-state index is 11.9. The molecule has 134 valence electrons. The van der Waals surface area contributed by atoms with E-state index in [4.69, 9.17) is 23.7 Å². The van der Waals surface area contributed by atoms with E-state index in [0.717, 1.165) is 12.8 Å². The molecule has 0 unspecified atom stereocenters. The van der Waals surface area contributed by atoms with E-state index < -0.39 is 5.60 Å². The topological polar surface area (TPSA) is 66.4 Å². The summed E-state index contributed by atoms with van der Waals surface area (Å²) in [4.78, 5) is 0. The predicted molar refractivity (Wildman–Crippen MR) is 91.4 cm³/mol. The average Bonchev–Trinajstić information content (AvgIpc) is 3.35. The molecule has 2 aromatic rings. The molecule has 6 nitrogen and oxygen atoms in total. The second-order valence-corrected chi connectivity index (χ2v) is 6.41. The molecule has 0 atom stereocenters. The molecule has 0 aromatic heterocycles. The van der Waals surface area contributed by atoms with E-state index in [2.05, 4.69) is 0 Å². The molecule has 0 saturated carbocycles. The first-order chi connectivity index (χ1) is 12.7. The number of allylic oxidation sites excluding steroid dienone is 1. The van der Waals surface area contributed by atoms with Gasteiger partial charge in [0.1, 0.15) is 5.76 Å². The standard InChI is InChI=1S/C20H18O6/c21-20(19-3-1-2-8-22-19,13-4-6-15-17(9-13)25-11-23-15)14-5-7-16-18(10-14)26-12-24-16/h3-7,9-10,21H,1-2,8,11-12H2. The zero-order valence-electron chi connectivity index (χ0n) is 14.1. The Hall–Kier alpha value is -2.86. The number of hydrogen-bond donors (Lipinski definition) is 1. The van der Waals surface area contributed by atoms with Crippen molar-refractivity contribution in [2.24, 2.45) is 0 Å². The van der Waals surface area contributed by atoms with Crippen LogP contribution in [0.4, 0.5) is 0 Å². The Morgan fingerprint density at radius 3 is 1.85 bits per heavy atom. The zero-order chi connectivity index (χ0) is 17.6. The minimum absolute atomic E-state index is 0.181. The summed E-state index contributed by atoms with van der Waals surface area (Å²) in [6.07, 6.45) is 3.73. The second-order valence-electron chi connectivity index (χ2n) is 6.41. The molecule has 2 aromatic carbocycles. The summed E-state index contributed by atoms with van der Waals surface area (Å²) in [7, 11) is 0. The number of ether oxygens (including phenoxy) is 5. The van der Waals surface area contributed by atoms with Gasteiger partial charge in [-0.05, 0) is 54.3 Å². The smallest absolute Gasteiger partial charge is 0.231 e. The van der Waals surface area contributed by atoms with Gasteiger partial charge in [-0.15, -0.1) is 0 Å². The molecule has 1 N–H and O–H groups in total. The van der Waals surface area contributed by atoms with Crippen molar-refractivity contribution >= 4 is 0 Å². The first-order valence-corrected chi connectivity index (χ1v) is 8.61. The summed E-state index contributed by atoms with van der Waals surface area (Å²) in [6.45, 7) is 0.935. The highest BCUT2D eigenvalue weighted by Gasteiger charge is 2.40. The Morgan fingerprint density at radius 2 is 1.31 bits per heavy atom. The lowest BCUT2D eigenvalue weighted by molar-refractivity contribution is 0.0313. The third kappa shape index (κ3) is 2.29. The summed E-state index contributed by atoms with van der Waals surface area (Å²) >= 11 is 0. The maximum atomic E-state index is 11.9. The first-order valence-electron chi connectivity index (χ1n) is 8.61. The predicted octanol–water partition coefficient (Wildman–Crippen LogP) is 3.07. The molecule has 0 radical (unpaired) electrons. The molecule has 0 amide bonds. The molecule has 6 heteroatoms. The van der Waals surface area contributed by atoms with Crippen molar-refractivity contribution in [1.82, 2.24) is 0 Å². The van der Waals surface area contributed by atoms with Crippen LogP contribution in [0.5, 0.6) is 23.0 Å². The van der Waals surface area contributed by atoms with Gasteiger partial charge in [0.15, 0.2) is 28.6 Å². The average molecular weight is 354 g/mol.